The van der Waals surface area contributed by atoms with E-state index in [0.29, 0.717) is 31.3 Å². The Morgan fingerprint density at radius 2 is 2.32 bits per heavy atom. The van der Waals surface area contributed by atoms with Crippen molar-refractivity contribution in [1.82, 2.24) is 10.1 Å². The molecule has 3 rings (SSSR count). The van der Waals surface area contributed by atoms with Crippen LogP contribution in [0.1, 0.15) is 12.3 Å². The molecule has 0 bridgehead atoms. The minimum absolute atomic E-state index is 0.409. The fraction of sp³-hybridized carbons (Fsp3) is 0.385. The minimum atomic E-state index is -0.663. The summed E-state index contributed by atoms with van der Waals surface area (Å²) in [6.07, 6.45) is 0.687. The molecule has 0 spiro atoms. The topological polar surface area (TPSA) is 83.4 Å². The first kappa shape index (κ1) is 12.1. The van der Waals surface area contributed by atoms with Crippen molar-refractivity contribution in [3.05, 3.63) is 30.2 Å². The smallest absolute Gasteiger partial charge is 0.249 e. The fourth-order valence-electron chi connectivity index (χ4n) is 2.05. The molecule has 0 aliphatic carbocycles. The van der Waals surface area contributed by atoms with Gasteiger partial charge in [-0.05, 0) is 18.6 Å². The first-order chi connectivity index (χ1) is 9.21. The molecule has 0 radical (unpaired) electrons. The summed E-state index contributed by atoms with van der Waals surface area (Å²) in [5.74, 6) is 1.67. The third-order valence-electron chi connectivity index (χ3n) is 3.23. The third kappa shape index (κ3) is 2.20. The van der Waals surface area contributed by atoms with Crippen molar-refractivity contribution < 1.29 is 14.0 Å². The van der Waals surface area contributed by atoms with Gasteiger partial charge in [-0.25, -0.2) is 0 Å². The average Bonchev–Trinajstić information content (AvgIpc) is 3.08. The van der Waals surface area contributed by atoms with Crippen LogP contribution >= 0.6 is 0 Å². The van der Waals surface area contributed by atoms with E-state index < -0.39 is 5.54 Å². The second-order valence-corrected chi connectivity index (χ2v) is 4.61. The van der Waals surface area contributed by atoms with Gasteiger partial charge < -0.3 is 19.7 Å². The summed E-state index contributed by atoms with van der Waals surface area (Å²) in [6, 6.07) is 7.48. The molecule has 0 amide bonds. The molecule has 2 heterocycles. The normalized spacial score (nSPS) is 22.6. The zero-order valence-electron chi connectivity index (χ0n) is 10.6. The Morgan fingerprint density at radius 1 is 1.42 bits per heavy atom. The predicted octanol–water partition coefficient (Wildman–Crippen LogP) is 1.32. The Balaban J connectivity index is 1.92. The highest BCUT2D eigenvalue weighted by atomic mass is 16.5. The highest BCUT2D eigenvalue weighted by Gasteiger charge is 2.38. The SMILES string of the molecule is COc1cccc(-c2noc(C3(N)CCOC3)n2)c1. The molecule has 6 nitrogen and oxygen atoms in total. The van der Waals surface area contributed by atoms with Gasteiger partial charge in [0.25, 0.3) is 0 Å². The molecular weight excluding hydrogens is 246 g/mol. The Bertz CT molecular complexity index is 576. The number of nitrogens with zero attached hydrogens (tertiary/aromatic N) is 2. The van der Waals surface area contributed by atoms with Gasteiger partial charge in [0.2, 0.25) is 11.7 Å². The van der Waals surface area contributed by atoms with Gasteiger partial charge in [-0.3, -0.25) is 0 Å². The number of rotatable bonds is 3. The number of hydrogen-bond acceptors (Lipinski definition) is 6. The monoisotopic (exact) mass is 261 g/mol. The molecule has 0 saturated carbocycles. The Labute approximate surface area is 110 Å². The van der Waals surface area contributed by atoms with Gasteiger partial charge in [0.05, 0.1) is 13.7 Å². The molecule has 2 N–H and O–H groups in total. The Morgan fingerprint density at radius 3 is 3.05 bits per heavy atom. The zero-order valence-corrected chi connectivity index (χ0v) is 10.6. The standard InChI is InChI=1S/C13H15N3O3/c1-17-10-4-2-3-9(7-10)11-15-12(19-16-11)13(14)5-6-18-8-13/h2-4,7H,5-6,8,14H2,1H3. The van der Waals surface area contributed by atoms with Gasteiger partial charge in [0.1, 0.15) is 11.3 Å². The Hall–Kier alpha value is -1.92. The highest BCUT2D eigenvalue weighted by Crippen LogP contribution is 2.28. The maximum Gasteiger partial charge on any atom is 0.249 e. The summed E-state index contributed by atoms with van der Waals surface area (Å²) < 4.78 is 15.7. The van der Waals surface area contributed by atoms with Gasteiger partial charge in [-0.2, -0.15) is 4.98 Å². The summed E-state index contributed by atoms with van der Waals surface area (Å²) in [6.45, 7) is 1.03. The molecule has 1 aliphatic heterocycles. The summed E-state index contributed by atoms with van der Waals surface area (Å²) in [7, 11) is 1.62. The van der Waals surface area contributed by atoms with Crippen molar-refractivity contribution in [3.63, 3.8) is 0 Å². The van der Waals surface area contributed by atoms with Crippen LogP contribution in [0.25, 0.3) is 11.4 Å². The number of ether oxygens (including phenoxy) is 2. The lowest BCUT2D eigenvalue weighted by Gasteiger charge is -2.14. The molecule has 1 aromatic carbocycles. The number of hydrogen-bond donors (Lipinski definition) is 1. The van der Waals surface area contributed by atoms with Crippen LogP contribution in [0.3, 0.4) is 0 Å². The maximum absolute atomic E-state index is 6.18. The largest absolute Gasteiger partial charge is 0.497 e. The summed E-state index contributed by atoms with van der Waals surface area (Å²) in [5, 5.41) is 3.97. The Kier molecular flexibility index (Phi) is 2.96. The van der Waals surface area contributed by atoms with Crippen molar-refractivity contribution in [3.8, 4) is 17.1 Å². The van der Waals surface area contributed by atoms with Crippen LogP contribution in [-0.2, 0) is 10.3 Å². The van der Waals surface area contributed by atoms with Crippen LogP contribution < -0.4 is 10.5 Å². The molecule has 100 valence electrons. The quantitative estimate of drug-likeness (QED) is 0.897. The molecule has 6 heteroatoms. The zero-order chi connectivity index (χ0) is 13.3. The van der Waals surface area contributed by atoms with E-state index in [4.69, 9.17) is 19.7 Å². The number of aromatic nitrogens is 2. The summed E-state index contributed by atoms with van der Waals surface area (Å²) in [4.78, 5) is 4.37. The first-order valence-corrected chi connectivity index (χ1v) is 6.06. The van der Waals surface area contributed by atoms with Crippen molar-refractivity contribution in [2.75, 3.05) is 20.3 Å². The third-order valence-corrected chi connectivity index (χ3v) is 3.23. The van der Waals surface area contributed by atoms with Crippen LogP contribution in [0, 0.1) is 0 Å². The molecule has 1 aromatic heterocycles. The molecule has 1 fully saturated rings. The van der Waals surface area contributed by atoms with Crippen LogP contribution in [-0.4, -0.2) is 30.5 Å². The molecule has 19 heavy (non-hydrogen) atoms. The average molecular weight is 261 g/mol. The molecule has 2 aromatic rings. The minimum Gasteiger partial charge on any atom is -0.497 e. The molecule has 1 atom stereocenters. The van der Waals surface area contributed by atoms with Gasteiger partial charge in [-0.1, -0.05) is 17.3 Å². The highest BCUT2D eigenvalue weighted by molar-refractivity contribution is 5.56. The van der Waals surface area contributed by atoms with E-state index in [0.717, 1.165) is 11.3 Å². The van der Waals surface area contributed by atoms with Crippen LogP contribution in [0.2, 0.25) is 0 Å². The lowest BCUT2D eigenvalue weighted by atomic mass is 10.0. The van der Waals surface area contributed by atoms with Gasteiger partial charge in [0, 0.05) is 12.2 Å². The van der Waals surface area contributed by atoms with E-state index in [1.165, 1.54) is 0 Å². The second-order valence-electron chi connectivity index (χ2n) is 4.61. The van der Waals surface area contributed by atoms with Crippen LogP contribution in [0.15, 0.2) is 28.8 Å². The number of benzene rings is 1. The lowest BCUT2D eigenvalue weighted by molar-refractivity contribution is 0.166. The van der Waals surface area contributed by atoms with E-state index in [2.05, 4.69) is 10.1 Å². The molecule has 1 unspecified atom stereocenters. The number of nitrogens with two attached hydrogens (primary N) is 1. The van der Waals surface area contributed by atoms with E-state index in [1.54, 1.807) is 7.11 Å². The van der Waals surface area contributed by atoms with E-state index in [-0.39, 0.29) is 0 Å². The van der Waals surface area contributed by atoms with Crippen molar-refractivity contribution >= 4 is 0 Å². The van der Waals surface area contributed by atoms with Gasteiger partial charge >= 0.3 is 0 Å². The van der Waals surface area contributed by atoms with Gasteiger partial charge in [-0.15, -0.1) is 0 Å². The van der Waals surface area contributed by atoms with Crippen LogP contribution in [0.4, 0.5) is 0 Å². The summed E-state index contributed by atoms with van der Waals surface area (Å²) >= 11 is 0. The van der Waals surface area contributed by atoms with Gasteiger partial charge in [0.15, 0.2) is 0 Å². The van der Waals surface area contributed by atoms with E-state index >= 15 is 0 Å². The second kappa shape index (κ2) is 4.64. The van der Waals surface area contributed by atoms with Crippen molar-refractivity contribution in [2.45, 2.75) is 12.0 Å². The molecular formula is C13H15N3O3. The lowest BCUT2D eigenvalue weighted by Crippen LogP contribution is -2.37. The molecule has 1 saturated heterocycles. The fourth-order valence-corrected chi connectivity index (χ4v) is 2.05. The first-order valence-electron chi connectivity index (χ1n) is 6.06. The van der Waals surface area contributed by atoms with E-state index in [9.17, 15) is 0 Å². The maximum atomic E-state index is 6.18. The van der Waals surface area contributed by atoms with E-state index in [1.807, 2.05) is 24.3 Å². The molecule has 1 aliphatic rings. The number of methoxy groups -OCH3 is 1. The van der Waals surface area contributed by atoms with Crippen molar-refractivity contribution in [1.29, 1.82) is 0 Å². The summed E-state index contributed by atoms with van der Waals surface area (Å²) in [5.41, 5.74) is 6.35. The van der Waals surface area contributed by atoms with Crippen molar-refractivity contribution in [2.24, 2.45) is 5.73 Å². The predicted molar refractivity (Wildman–Crippen MR) is 67.6 cm³/mol. The van der Waals surface area contributed by atoms with Crippen LogP contribution in [0.5, 0.6) is 5.75 Å².